The van der Waals surface area contributed by atoms with E-state index in [2.05, 4.69) is 10.2 Å². The van der Waals surface area contributed by atoms with Crippen LogP contribution in [0.25, 0.3) is 0 Å². The summed E-state index contributed by atoms with van der Waals surface area (Å²) in [5, 5.41) is 3.05. The van der Waals surface area contributed by atoms with E-state index in [9.17, 15) is 4.79 Å². The summed E-state index contributed by atoms with van der Waals surface area (Å²) in [7, 11) is 4.04. The molecular weight excluding hydrogens is 309 g/mol. The Morgan fingerprint density at radius 3 is 2.57 bits per heavy atom. The highest BCUT2D eigenvalue weighted by Crippen LogP contribution is 2.32. The van der Waals surface area contributed by atoms with Crippen LogP contribution in [0.1, 0.15) is 28.8 Å². The normalized spacial score (nSPS) is 14.9. The minimum absolute atomic E-state index is 0. The van der Waals surface area contributed by atoms with Crippen molar-refractivity contribution in [1.29, 1.82) is 0 Å². The zero-order valence-corrected chi connectivity index (χ0v) is 14.2. The van der Waals surface area contributed by atoms with Gasteiger partial charge in [0.1, 0.15) is 0 Å². The number of hydrogen-bond donors (Lipinski definition) is 2. The predicted molar refractivity (Wildman–Crippen MR) is 91.4 cm³/mol. The molecule has 0 radical (unpaired) electrons. The van der Waals surface area contributed by atoms with Crippen LogP contribution in [0, 0.1) is 5.92 Å². The lowest BCUT2D eigenvalue weighted by Crippen LogP contribution is -2.41. The molecule has 1 aliphatic rings. The molecule has 0 aromatic heterocycles. The zero-order chi connectivity index (χ0) is 13.8. The van der Waals surface area contributed by atoms with Gasteiger partial charge in [-0.1, -0.05) is 12.1 Å². The number of carbonyl (C=O) groups is 1. The molecule has 120 valence electrons. The van der Waals surface area contributed by atoms with E-state index in [0.717, 1.165) is 17.7 Å². The first-order valence-electron chi connectivity index (χ1n) is 6.84. The number of hydrogen-bond acceptors (Lipinski definition) is 3. The topological polar surface area (TPSA) is 58.4 Å². The van der Waals surface area contributed by atoms with Crippen LogP contribution in [0.5, 0.6) is 0 Å². The molecule has 0 heterocycles. The Bertz CT molecular complexity index is 450. The molecular formula is C15H25Cl2N3O. The van der Waals surface area contributed by atoms with Crippen molar-refractivity contribution in [2.24, 2.45) is 11.7 Å². The first-order valence-corrected chi connectivity index (χ1v) is 6.84. The Morgan fingerprint density at radius 1 is 1.38 bits per heavy atom. The molecule has 21 heavy (non-hydrogen) atoms. The molecule has 6 heteroatoms. The molecule has 1 aromatic rings. The highest BCUT2D eigenvalue weighted by molar-refractivity contribution is 5.94. The van der Waals surface area contributed by atoms with Crippen molar-refractivity contribution < 1.29 is 4.79 Å². The Balaban J connectivity index is 0.00000200. The number of nitrogens with two attached hydrogens (primary N) is 1. The summed E-state index contributed by atoms with van der Waals surface area (Å²) in [6.07, 6.45) is 2.37. The van der Waals surface area contributed by atoms with Crippen LogP contribution in [-0.2, 0) is 6.54 Å². The molecule has 1 aromatic carbocycles. The van der Waals surface area contributed by atoms with Gasteiger partial charge in [-0.05, 0) is 50.6 Å². The molecule has 1 aliphatic carbocycles. The predicted octanol–water partition coefficient (Wildman–Crippen LogP) is 2.06. The average Bonchev–Trinajstić information content (AvgIpc) is 3.19. The standard InChI is InChI=1S/C15H23N3O.2ClH/c1-18(2)10-11-4-3-5-13(8-11)15(19)17-14(9-16)12-6-7-12;;/h3-5,8,12,14H,6-7,9-10,16H2,1-2H3,(H,17,19);2*1H. The molecule has 2 rings (SSSR count). The van der Waals surface area contributed by atoms with Crippen molar-refractivity contribution in [3.63, 3.8) is 0 Å². The number of nitrogens with one attached hydrogen (secondary N) is 1. The lowest BCUT2D eigenvalue weighted by Gasteiger charge is -2.16. The average molecular weight is 334 g/mol. The fourth-order valence-corrected chi connectivity index (χ4v) is 2.30. The highest BCUT2D eigenvalue weighted by Gasteiger charge is 2.31. The Hall–Kier alpha value is -0.810. The number of carbonyl (C=O) groups excluding carboxylic acids is 1. The van der Waals surface area contributed by atoms with Crippen LogP contribution in [0.4, 0.5) is 0 Å². The number of benzene rings is 1. The van der Waals surface area contributed by atoms with Gasteiger partial charge in [-0.2, -0.15) is 0 Å². The molecule has 0 bridgehead atoms. The second-order valence-electron chi connectivity index (χ2n) is 5.59. The first kappa shape index (κ1) is 20.2. The quantitative estimate of drug-likeness (QED) is 0.837. The monoisotopic (exact) mass is 333 g/mol. The fourth-order valence-electron chi connectivity index (χ4n) is 2.30. The molecule has 0 spiro atoms. The van der Waals surface area contributed by atoms with Gasteiger partial charge in [0.15, 0.2) is 0 Å². The third-order valence-corrected chi connectivity index (χ3v) is 3.45. The number of amides is 1. The van der Waals surface area contributed by atoms with Gasteiger partial charge in [-0.25, -0.2) is 0 Å². The zero-order valence-electron chi connectivity index (χ0n) is 12.5. The van der Waals surface area contributed by atoms with Crippen molar-refractivity contribution >= 4 is 30.7 Å². The van der Waals surface area contributed by atoms with E-state index in [1.54, 1.807) is 0 Å². The van der Waals surface area contributed by atoms with Crippen LogP contribution in [0.15, 0.2) is 24.3 Å². The molecule has 1 unspecified atom stereocenters. The molecule has 0 aliphatic heterocycles. The largest absolute Gasteiger partial charge is 0.348 e. The van der Waals surface area contributed by atoms with Crippen molar-refractivity contribution in [3.05, 3.63) is 35.4 Å². The highest BCUT2D eigenvalue weighted by atomic mass is 35.5. The maximum Gasteiger partial charge on any atom is 0.251 e. The van der Waals surface area contributed by atoms with E-state index in [4.69, 9.17) is 5.73 Å². The summed E-state index contributed by atoms with van der Waals surface area (Å²) in [6.45, 7) is 1.36. The molecule has 1 fully saturated rings. The van der Waals surface area contributed by atoms with E-state index in [-0.39, 0.29) is 36.8 Å². The van der Waals surface area contributed by atoms with Gasteiger partial charge in [0.25, 0.3) is 5.91 Å². The van der Waals surface area contributed by atoms with Gasteiger partial charge in [-0.3, -0.25) is 4.79 Å². The third-order valence-electron chi connectivity index (χ3n) is 3.45. The molecule has 4 nitrogen and oxygen atoms in total. The summed E-state index contributed by atoms with van der Waals surface area (Å²) >= 11 is 0. The third kappa shape index (κ3) is 6.22. The maximum absolute atomic E-state index is 12.2. The molecule has 1 atom stereocenters. The minimum Gasteiger partial charge on any atom is -0.348 e. The summed E-state index contributed by atoms with van der Waals surface area (Å²) in [5.41, 5.74) is 7.58. The summed E-state index contributed by atoms with van der Waals surface area (Å²) in [5.74, 6) is 0.571. The Labute approximate surface area is 139 Å². The van der Waals surface area contributed by atoms with Crippen molar-refractivity contribution in [1.82, 2.24) is 10.2 Å². The van der Waals surface area contributed by atoms with Crippen molar-refractivity contribution in [3.8, 4) is 0 Å². The first-order chi connectivity index (χ1) is 9.10. The van der Waals surface area contributed by atoms with E-state index >= 15 is 0 Å². The van der Waals surface area contributed by atoms with Crippen LogP contribution in [0.3, 0.4) is 0 Å². The van der Waals surface area contributed by atoms with Gasteiger partial charge in [0.05, 0.1) is 0 Å². The minimum atomic E-state index is -0.0112. The number of halogens is 2. The lowest BCUT2D eigenvalue weighted by atomic mass is 10.1. The van der Waals surface area contributed by atoms with Gasteiger partial charge in [0, 0.05) is 24.7 Å². The number of rotatable bonds is 6. The fraction of sp³-hybridized carbons (Fsp3) is 0.533. The van der Waals surface area contributed by atoms with Gasteiger partial charge in [0.2, 0.25) is 0 Å². The smallest absolute Gasteiger partial charge is 0.251 e. The lowest BCUT2D eigenvalue weighted by molar-refractivity contribution is 0.0933. The number of nitrogens with zero attached hydrogens (tertiary/aromatic N) is 1. The second kappa shape index (κ2) is 9.26. The van der Waals surface area contributed by atoms with Gasteiger partial charge < -0.3 is 16.0 Å². The van der Waals surface area contributed by atoms with E-state index < -0.39 is 0 Å². The molecule has 1 amide bonds. The van der Waals surface area contributed by atoms with Crippen molar-refractivity contribution in [2.75, 3.05) is 20.6 Å². The SMILES string of the molecule is CN(C)Cc1cccc(C(=O)NC(CN)C2CC2)c1.Cl.Cl. The van der Waals surface area contributed by atoms with Crippen molar-refractivity contribution in [2.45, 2.75) is 25.4 Å². The van der Waals surface area contributed by atoms with Crippen LogP contribution < -0.4 is 11.1 Å². The molecule has 0 saturated heterocycles. The maximum atomic E-state index is 12.2. The summed E-state index contributed by atoms with van der Waals surface area (Å²) < 4.78 is 0. The summed E-state index contributed by atoms with van der Waals surface area (Å²) in [4.78, 5) is 14.3. The van der Waals surface area contributed by atoms with Gasteiger partial charge >= 0.3 is 0 Å². The van der Waals surface area contributed by atoms with Crippen LogP contribution >= 0.6 is 24.8 Å². The van der Waals surface area contributed by atoms with Gasteiger partial charge in [-0.15, -0.1) is 24.8 Å². The van der Waals surface area contributed by atoms with Crippen LogP contribution in [0.2, 0.25) is 0 Å². The summed E-state index contributed by atoms with van der Waals surface area (Å²) in [6, 6.07) is 7.91. The Kier molecular flexibility index (Phi) is 8.90. The second-order valence-corrected chi connectivity index (χ2v) is 5.59. The molecule has 1 saturated carbocycles. The molecule has 3 N–H and O–H groups in total. The van der Waals surface area contributed by atoms with E-state index in [1.165, 1.54) is 12.8 Å². The Morgan fingerprint density at radius 2 is 2.05 bits per heavy atom. The van der Waals surface area contributed by atoms with E-state index in [0.29, 0.717) is 12.5 Å². The van der Waals surface area contributed by atoms with E-state index in [1.807, 2.05) is 38.4 Å². The van der Waals surface area contributed by atoms with Crippen LogP contribution in [-0.4, -0.2) is 37.5 Å².